The highest BCUT2D eigenvalue weighted by Gasteiger charge is 2.07. The number of hydrogen-bond donors (Lipinski definition) is 0. The van der Waals surface area contributed by atoms with Gasteiger partial charge in [-0.1, -0.05) is 16.8 Å². The van der Waals surface area contributed by atoms with E-state index in [4.69, 9.17) is 11.6 Å². The molecule has 0 N–H and O–H groups in total. The molecule has 2 aromatic rings. The Bertz CT molecular complexity index is 637. The van der Waals surface area contributed by atoms with Gasteiger partial charge in [0.1, 0.15) is 12.3 Å². The van der Waals surface area contributed by atoms with Crippen LogP contribution in [0, 0.1) is 0 Å². The van der Waals surface area contributed by atoms with E-state index in [-0.39, 0.29) is 6.61 Å². The van der Waals surface area contributed by atoms with E-state index in [1.807, 2.05) is 0 Å². The highest BCUT2D eigenvalue weighted by molar-refractivity contribution is 7.85. The number of hydrogen-bond acceptors (Lipinski definition) is 5. The second kappa shape index (κ2) is 5.05. The Hall–Kier alpha value is -1.44. The second-order valence-electron chi connectivity index (χ2n) is 3.60. The minimum atomic E-state index is -3.48. The van der Waals surface area contributed by atoms with Gasteiger partial charge < -0.3 is 0 Å². The smallest absolute Gasteiger partial charge is 0.264 e. The van der Waals surface area contributed by atoms with Gasteiger partial charge in [-0.3, -0.25) is 4.18 Å². The van der Waals surface area contributed by atoms with Gasteiger partial charge in [0.2, 0.25) is 0 Å². The van der Waals surface area contributed by atoms with Crippen molar-refractivity contribution in [1.29, 1.82) is 0 Å². The van der Waals surface area contributed by atoms with E-state index in [0.717, 1.165) is 11.9 Å². The number of benzene rings is 1. The summed E-state index contributed by atoms with van der Waals surface area (Å²) < 4.78 is 27.8. The summed E-state index contributed by atoms with van der Waals surface area (Å²) in [6.45, 7) is -0.133. The predicted octanol–water partition coefficient (Wildman–Crippen LogP) is 1.40. The lowest BCUT2D eigenvalue weighted by Gasteiger charge is -1.99. The highest BCUT2D eigenvalue weighted by atomic mass is 35.5. The molecule has 0 aliphatic rings. The zero-order valence-electron chi connectivity index (χ0n) is 9.45. The molecule has 0 amide bonds. The van der Waals surface area contributed by atoms with Gasteiger partial charge in [0.15, 0.2) is 0 Å². The van der Waals surface area contributed by atoms with Crippen molar-refractivity contribution in [2.45, 2.75) is 6.61 Å². The Labute approximate surface area is 109 Å². The molecule has 8 heteroatoms. The van der Waals surface area contributed by atoms with Crippen molar-refractivity contribution in [1.82, 2.24) is 15.0 Å². The van der Waals surface area contributed by atoms with E-state index in [2.05, 4.69) is 14.5 Å². The van der Waals surface area contributed by atoms with Crippen LogP contribution < -0.4 is 0 Å². The van der Waals surface area contributed by atoms with E-state index in [1.54, 1.807) is 30.5 Å². The first-order valence-corrected chi connectivity index (χ1v) is 7.15. The molecule has 1 aromatic heterocycles. The van der Waals surface area contributed by atoms with Gasteiger partial charge in [0.25, 0.3) is 10.1 Å². The van der Waals surface area contributed by atoms with Crippen LogP contribution >= 0.6 is 11.6 Å². The standard InChI is InChI=1S/C10H10ClN3O3S/c1-18(15,16)17-7-9-6-14(13-12-9)10-4-2-8(11)3-5-10/h2-6H,7H2,1H3. The van der Waals surface area contributed by atoms with Gasteiger partial charge in [-0.15, -0.1) is 5.10 Å². The molecule has 0 fully saturated rings. The maximum atomic E-state index is 10.8. The van der Waals surface area contributed by atoms with Gasteiger partial charge in [-0.2, -0.15) is 8.42 Å². The normalized spacial score (nSPS) is 11.7. The fourth-order valence-corrected chi connectivity index (χ4v) is 1.71. The molecule has 0 radical (unpaired) electrons. The first-order valence-electron chi connectivity index (χ1n) is 4.95. The lowest BCUT2D eigenvalue weighted by molar-refractivity contribution is 0.307. The number of halogens is 1. The van der Waals surface area contributed by atoms with Crippen molar-refractivity contribution in [3.8, 4) is 5.69 Å². The molecule has 0 unspecified atom stereocenters. The SMILES string of the molecule is CS(=O)(=O)OCc1cn(-c2ccc(Cl)cc2)nn1. The van der Waals surface area contributed by atoms with Crippen molar-refractivity contribution in [2.24, 2.45) is 0 Å². The number of rotatable bonds is 4. The zero-order valence-corrected chi connectivity index (χ0v) is 11.0. The molecule has 2 rings (SSSR count). The van der Waals surface area contributed by atoms with Crippen molar-refractivity contribution < 1.29 is 12.6 Å². The van der Waals surface area contributed by atoms with Crippen LogP contribution in [-0.2, 0) is 20.9 Å². The van der Waals surface area contributed by atoms with Gasteiger partial charge in [0, 0.05) is 5.02 Å². The third-order valence-corrected chi connectivity index (χ3v) is 2.85. The third-order valence-electron chi connectivity index (χ3n) is 2.05. The van der Waals surface area contributed by atoms with E-state index < -0.39 is 10.1 Å². The molecule has 0 aliphatic heterocycles. The first-order chi connectivity index (χ1) is 8.44. The molecule has 1 aromatic carbocycles. The van der Waals surface area contributed by atoms with Crippen LogP contribution in [0.5, 0.6) is 0 Å². The molecular weight excluding hydrogens is 278 g/mol. The van der Waals surface area contributed by atoms with Crippen molar-refractivity contribution in [3.05, 3.63) is 41.2 Å². The first kappa shape index (κ1) is 13.0. The lowest BCUT2D eigenvalue weighted by Crippen LogP contribution is -2.02. The molecule has 0 bridgehead atoms. The van der Waals surface area contributed by atoms with Crippen LogP contribution in [0.1, 0.15) is 5.69 Å². The Kier molecular flexibility index (Phi) is 3.65. The van der Waals surface area contributed by atoms with E-state index in [1.165, 1.54) is 4.68 Å². The summed E-state index contributed by atoms with van der Waals surface area (Å²) in [5, 5.41) is 8.30. The summed E-state index contributed by atoms with van der Waals surface area (Å²) in [6.07, 6.45) is 2.57. The minimum absolute atomic E-state index is 0.133. The molecule has 0 atom stereocenters. The van der Waals surface area contributed by atoms with E-state index in [0.29, 0.717) is 10.7 Å². The van der Waals surface area contributed by atoms with Crippen LogP contribution in [0.4, 0.5) is 0 Å². The van der Waals surface area contributed by atoms with E-state index >= 15 is 0 Å². The monoisotopic (exact) mass is 287 g/mol. The molecule has 6 nitrogen and oxygen atoms in total. The summed E-state index contributed by atoms with van der Waals surface area (Å²) in [6, 6.07) is 7.01. The van der Waals surface area contributed by atoms with Gasteiger partial charge in [0.05, 0.1) is 18.1 Å². The fourth-order valence-electron chi connectivity index (χ4n) is 1.25. The average Bonchev–Trinajstić information content (AvgIpc) is 2.75. The third kappa shape index (κ3) is 3.52. The van der Waals surface area contributed by atoms with E-state index in [9.17, 15) is 8.42 Å². The summed E-state index contributed by atoms with van der Waals surface area (Å²) in [5.41, 5.74) is 1.20. The fraction of sp³-hybridized carbons (Fsp3) is 0.200. The summed E-state index contributed by atoms with van der Waals surface area (Å²) in [7, 11) is -3.48. The summed E-state index contributed by atoms with van der Waals surface area (Å²) >= 11 is 5.77. The maximum Gasteiger partial charge on any atom is 0.264 e. The molecule has 1 heterocycles. The lowest BCUT2D eigenvalue weighted by atomic mass is 10.3. The summed E-state index contributed by atoms with van der Waals surface area (Å²) in [5.74, 6) is 0. The van der Waals surface area contributed by atoms with Crippen LogP contribution in [0.15, 0.2) is 30.5 Å². The molecule has 0 saturated carbocycles. The Morgan fingerprint density at radius 2 is 2.00 bits per heavy atom. The van der Waals surface area contributed by atoms with Crippen LogP contribution in [0.2, 0.25) is 5.02 Å². The van der Waals surface area contributed by atoms with Crippen molar-refractivity contribution in [3.63, 3.8) is 0 Å². The maximum absolute atomic E-state index is 10.8. The molecule has 0 aliphatic carbocycles. The van der Waals surface area contributed by atoms with Crippen LogP contribution in [-0.4, -0.2) is 29.7 Å². The van der Waals surface area contributed by atoms with Crippen molar-refractivity contribution >= 4 is 21.7 Å². The van der Waals surface area contributed by atoms with Gasteiger partial charge in [-0.05, 0) is 24.3 Å². The molecule has 0 spiro atoms. The Morgan fingerprint density at radius 3 is 2.61 bits per heavy atom. The summed E-state index contributed by atoms with van der Waals surface area (Å²) in [4.78, 5) is 0. The highest BCUT2D eigenvalue weighted by Crippen LogP contribution is 2.12. The minimum Gasteiger partial charge on any atom is -0.264 e. The Balaban J connectivity index is 2.13. The molecule has 0 saturated heterocycles. The quantitative estimate of drug-likeness (QED) is 0.795. The average molecular weight is 288 g/mol. The molecule has 96 valence electrons. The molecule has 18 heavy (non-hydrogen) atoms. The van der Waals surface area contributed by atoms with Gasteiger partial charge >= 0.3 is 0 Å². The zero-order chi connectivity index (χ0) is 13.2. The second-order valence-corrected chi connectivity index (χ2v) is 5.68. The molecular formula is C10H10ClN3O3S. The van der Waals surface area contributed by atoms with Gasteiger partial charge in [-0.25, -0.2) is 4.68 Å². The van der Waals surface area contributed by atoms with Crippen molar-refractivity contribution in [2.75, 3.05) is 6.26 Å². The predicted molar refractivity (Wildman–Crippen MR) is 66.0 cm³/mol. The number of aromatic nitrogens is 3. The van der Waals surface area contributed by atoms with Crippen LogP contribution in [0.25, 0.3) is 5.69 Å². The van der Waals surface area contributed by atoms with Crippen LogP contribution in [0.3, 0.4) is 0 Å². The largest absolute Gasteiger partial charge is 0.264 e. The number of nitrogens with zero attached hydrogens (tertiary/aromatic N) is 3. The topological polar surface area (TPSA) is 74.1 Å². The Morgan fingerprint density at radius 1 is 1.33 bits per heavy atom.